The molecule has 2 amide bonds. The lowest BCUT2D eigenvalue weighted by Gasteiger charge is -2.18. The maximum Gasteiger partial charge on any atom is 0.244 e. The van der Waals surface area contributed by atoms with Gasteiger partial charge in [-0.15, -0.1) is 0 Å². The summed E-state index contributed by atoms with van der Waals surface area (Å²) in [7, 11) is 3.13. The van der Waals surface area contributed by atoms with Crippen LogP contribution in [0.1, 0.15) is 5.56 Å². The monoisotopic (exact) mass is 396 g/mol. The molecular formula is C22H21ClN2O3. The van der Waals surface area contributed by atoms with Crippen molar-refractivity contribution in [3.63, 3.8) is 0 Å². The van der Waals surface area contributed by atoms with E-state index >= 15 is 0 Å². The molecule has 0 aromatic heterocycles. The number of hydrogen-bond donors (Lipinski definition) is 1. The van der Waals surface area contributed by atoms with Gasteiger partial charge in [-0.2, -0.15) is 0 Å². The summed E-state index contributed by atoms with van der Waals surface area (Å²) in [6, 6.07) is 18.8. The Labute approximate surface area is 168 Å². The predicted octanol–water partition coefficient (Wildman–Crippen LogP) is 4.14. The van der Waals surface area contributed by atoms with Crippen molar-refractivity contribution in [2.24, 2.45) is 0 Å². The van der Waals surface area contributed by atoms with Crippen LogP contribution in [0.3, 0.4) is 0 Å². The molecule has 0 heterocycles. The number of fused-ring (bicyclic) bond motifs is 1. The number of carbonyl (C=O) groups excluding carboxylic acids is 2. The van der Waals surface area contributed by atoms with Crippen molar-refractivity contribution in [1.82, 2.24) is 4.90 Å². The molecule has 5 nitrogen and oxygen atoms in total. The zero-order chi connectivity index (χ0) is 20.1. The van der Waals surface area contributed by atoms with E-state index in [0.29, 0.717) is 16.5 Å². The van der Waals surface area contributed by atoms with Crippen LogP contribution >= 0.6 is 11.6 Å². The number of amides is 2. The minimum Gasteiger partial charge on any atom is -0.495 e. The molecule has 0 fully saturated rings. The second-order valence-electron chi connectivity index (χ2n) is 6.46. The van der Waals surface area contributed by atoms with E-state index in [4.69, 9.17) is 16.3 Å². The molecule has 3 aromatic carbocycles. The molecule has 0 atom stereocenters. The first-order valence-corrected chi connectivity index (χ1v) is 9.19. The van der Waals surface area contributed by atoms with Crippen LogP contribution < -0.4 is 10.1 Å². The molecule has 3 aromatic rings. The Bertz CT molecular complexity index is 1010. The fourth-order valence-corrected chi connectivity index (χ4v) is 3.19. The van der Waals surface area contributed by atoms with Crippen LogP contribution in [-0.2, 0) is 16.0 Å². The van der Waals surface area contributed by atoms with E-state index in [0.717, 1.165) is 16.3 Å². The van der Waals surface area contributed by atoms with E-state index in [2.05, 4.69) is 5.32 Å². The van der Waals surface area contributed by atoms with Gasteiger partial charge in [0.05, 0.1) is 25.8 Å². The standard InChI is InChI=1S/C22H21ClN2O3/c1-25(14-21(26)24-19-13-17(23)10-11-20(19)28-2)22(27)12-16-8-5-7-15-6-3-4-9-18(15)16/h3-11,13H,12,14H2,1-2H3,(H,24,26). The third-order valence-corrected chi connectivity index (χ3v) is 4.70. The Kier molecular flexibility index (Phi) is 6.16. The Morgan fingerprint density at radius 2 is 1.82 bits per heavy atom. The normalized spacial score (nSPS) is 10.5. The first kappa shape index (κ1) is 19.7. The smallest absolute Gasteiger partial charge is 0.244 e. The molecule has 144 valence electrons. The summed E-state index contributed by atoms with van der Waals surface area (Å²) in [5, 5.41) is 5.35. The summed E-state index contributed by atoms with van der Waals surface area (Å²) in [5.41, 5.74) is 1.40. The van der Waals surface area contributed by atoms with Crippen molar-refractivity contribution >= 4 is 39.9 Å². The lowest BCUT2D eigenvalue weighted by molar-refractivity contribution is -0.132. The molecule has 0 bridgehead atoms. The topological polar surface area (TPSA) is 58.6 Å². The Balaban J connectivity index is 1.65. The largest absolute Gasteiger partial charge is 0.495 e. The number of methoxy groups -OCH3 is 1. The number of nitrogens with one attached hydrogen (secondary N) is 1. The van der Waals surface area contributed by atoms with E-state index in [1.807, 2.05) is 42.5 Å². The number of carbonyl (C=O) groups is 2. The molecule has 1 N–H and O–H groups in total. The summed E-state index contributed by atoms with van der Waals surface area (Å²) in [4.78, 5) is 26.4. The number of ether oxygens (including phenoxy) is 1. The van der Waals surface area contributed by atoms with Gasteiger partial charge >= 0.3 is 0 Å². The second-order valence-corrected chi connectivity index (χ2v) is 6.89. The molecule has 28 heavy (non-hydrogen) atoms. The number of anilines is 1. The molecular weight excluding hydrogens is 376 g/mol. The van der Waals surface area contributed by atoms with Gasteiger partial charge in [0.25, 0.3) is 0 Å². The highest BCUT2D eigenvalue weighted by atomic mass is 35.5. The minimum atomic E-state index is -0.325. The molecule has 0 saturated heterocycles. The maximum atomic E-state index is 12.6. The van der Waals surface area contributed by atoms with Crippen molar-refractivity contribution in [2.75, 3.05) is 26.0 Å². The molecule has 0 aliphatic carbocycles. The molecule has 3 rings (SSSR count). The Hall–Kier alpha value is -3.05. The molecule has 6 heteroatoms. The highest BCUT2D eigenvalue weighted by Crippen LogP contribution is 2.27. The molecule has 0 spiro atoms. The first-order valence-electron chi connectivity index (χ1n) is 8.82. The van der Waals surface area contributed by atoms with Crippen molar-refractivity contribution in [3.05, 3.63) is 71.2 Å². The van der Waals surface area contributed by atoms with Crippen LogP contribution in [0.5, 0.6) is 5.75 Å². The summed E-state index contributed by atoms with van der Waals surface area (Å²) >= 11 is 5.98. The van der Waals surface area contributed by atoms with Crippen molar-refractivity contribution < 1.29 is 14.3 Å². The van der Waals surface area contributed by atoms with Gasteiger partial charge in [-0.1, -0.05) is 54.1 Å². The molecule has 0 radical (unpaired) electrons. The zero-order valence-electron chi connectivity index (χ0n) is 15.7. The van der Waals surface area contributed by atoms with Crippen molar-refractivity contribution in [1.29, 1.82) is 0 Å². The van der Waals surface area contributed by atoms with Crippen LogP contribution in [0.15, 0.2) is 60.7 Å². The van der Waals surface area contributed by atoms with Crippen LogP contribution in [0.25, 0.3) is 10.8 Å². The lowest BCUT2D eigenvalue weighted by atomic mass is 10.0. The predicted molar refractivity (Wildman–Crippen MR) is 112 cm³/mol. The quantitative estimate of drug-likeness (QED) is 0.681. The van der Waals surface area contributed by atoms with Gasteiger partial charge < -0.3 is 15.0 Å². The molecule has 0 unspecified atom stereocenters. The number of halogens is 1. The zero-order valence-corrected chi connectivity index (χ0v) is 16.5. The molecule has 0 saturated carbocycles. The Morgan fingerprint density at radius 3 is 2.61 bits per heavy atom. The van der Waals surface area contributed by atoms with Crippen LogP contribution in [0, 0.1) is 0 Å². The van der Waals surface area contributed by atoms with E-state index in [-0.39, 0.29) is 24.8 Å². The summed E-state index contributed by atoms with van der Waals surface area (Å²) in [6.07, 6.45) is 0.228. The van der Waals surface area contributed by atoms with Gasteiger partial charge in [0.1, 0.15) is 5.75 Å². The van der Waals surface area contributed by atoms with Gasteiger partial charge in [-0.05, 0) is 34.5 Å². The van der Waals surface area contributed by atoms with Gasteiger partial charge in [-0.3, -0.25) is 9.59 Å². The number of rotatable bonds is 6. The van der Waals surface area contributed by atoms with Gasteiger partial charge in [0, 0.05) is 12.1 Å². The van der Waals surface area contributed by atoms with E-state index in [9.17, 15) is 9.59 Å². The SMILES string of the molecule is COc1ccc(Cl)cc1NC(=O)CN(C)C(=O)Cc1cccc2ccccc12. The first-order chi connectivity index (χ1) is 13.5. The minimum absolute atomic E-state index is 0.0702. The van der Waals surface area contributed by atoms with Gasteiger partial charge in [-0.25, -0.2) is 0 Å². The Morgan fingerprint density at radius 1 is 1.07 bits per heavy atom. The highest BCUT2D eigenvalue weighted by Gasteiger charge is 2.16. The maximum absolute atomic E-state index is 12.6. The summed E-state index contributed by atoms with van der Waals surface area (Å²) < 4.78 is 5.22. The average molecular weight is 397 g/mol. The summed E-state index contributed by atoms with van der Waals surface area (Å²) in [6.45, 7) is -0.0702. The van der Waals surface area contributed by atoms with Crippen LogP contribution in [0.2, 0.25) is 5.02 Å². The van der Waals surface area contributed by atoms with Gasteiger partial charge in [0.2, 0.25) is 11.8 Å². The summed E-state index contributed by atoms with van der Waals surface area (Å²) in [5.74, 6) is 0.0429. The van der Waals surface area contributed by atoms with E-state index in [1.165, 1.54) is 12.0 Å². The lowest BCUT2D eigenvalue weighted by Crippen LogP contribution is -2.35. The molecule has 0 aliphatic rings. The third kappa shape index (κ3) is 4.61. The number of likely N-dealkylation sites (N-methyl/N-ethyl adjacent to an activating group) is 1. The number of benzene rings is 3. The number of nitrogens with zero attached hydrogens (tertiary/aromatic N) is 1. The fraction of sp³-hybridized carbons (Fsp3) is 0.182. The average Bonchev–Trinajstić information content (AvgIpc) is 2.68. The highest BCUT2D eigenvalue weighted by molar-refractivity contribution is 6.31. The van der Waals surface area contributed by atoms with Gasteiger partial charge in [0.15, 0.2) is 0 Å². The van der Waals surface area contributed by atoms with Crippen molar-refractivity contribution in [2.45, 2.75) is 6.42 Å². The fourth-order valence-electron chi connectivity index (χ4n) is 3.02. The van der Waals surface area contributed by atoms with E-state index in [1.54, 1.807) is 25.2 Å². The second kappa shape index (κ2) is 8.76. The third-order valence-electron chi connectivity index (χ3n) is 4.46. The van der Waals surface area contributed by atoms with Crippen LogP contribution in [0.4, 0.5) is 5.69 Å². The van der Waals surface area contributed by atoms with Crippen LogP contribution in [-0.4, -0.2) is 37.4 Å². The number of hydrogen-bond acceptors (Lipinski definition) is 3. The van der Waals surface area contributed by atoms with Crippen molar-refractivity contribution in [3.8, 4) is 5.75 Å². The van der Waals surface area contributed by atoms with E-state index < -0.39 is 0 Å². The molecule has 0 aliphatic heterocycles.